The molecule has 0 aliphatic rings. The normalized spacial score (nSPS) is 9.79. The fourth-order valence-electron chi connectivity index (χ4n) is 1.18. The number of hydrogen-bond acceptors (Lipinski definition) is 5. The van der Waals surface area contributed by atoms with Crippen LogP contribution < -0.4 is 5.43 Å². The van der Waals surface area contributed by atoms with Crippen molar-refractivity contribution in [2.45, 2.75) is 19.6 Å². The van der Waals surface area contributed by atoms with Gasteiger partial charge in [-0.15, -0.1) is 11.8 Å². The Morgan fingerprint density at radius 2 is 2.00 bits per heavy atom. The van der Waals surface area contributed by atoms with Crippen molar-refractivity contribution in [2.75, 3.05) is 5.75 Å². The molecule has 0 saturated carbocycles. The van der Waals surface area contributed by atoms with E-state index in [1.54, 1.807) is 26.0 Å². The van der Waals surface area contributed by atoms with Crippen LogP contribution in [0, 0.1) is 10.1 Å². The van der Waals surface area contributed by atoms with Crippen LogP contribution in [0.1, 0.15) is 19.4 Å². The maximum absolute atomic E-state index is 11.4. The highest BCUT2D eigenvalue weighted by molar-refractivity contribution is 7.99. The Balaban J connectivity index is 2.35. The standard InChI is InChI=1S/C12H15N3O3S/c1-9(2)13-14-12(16)8-19-7-10-3-5-11(6-4-10)15(17)18/h3-6H,7-8H2,1-2H3,(H,14,16). The van der Waals surface area contributed by atoms with Crippen molar-refractivity contribution in [3.63, 3.8) is 0 Å². The summed E-state index contributed by atoms with van der Waals surface area (Å²) in [6, 6.07) is 6.30. The number of rotatable bonds is 6. The van der Waals surface area contributed by atoms with Gasteiger partial charge in [0.2, 0.25) is 5.91 Å². The van der Waals surface area contributed by atoms with Crippen LogP contribution in [0.5, 0.6) is 0 Å². The summed E-state index contributed by atoms with van der Waals surface area (Å²) in [4.78, 5) is 21.4. The maximum Gasteiger partial charge on any atom is 0.269 e. The second-order valence-electron chi connectivity index (χ2n) is 4.01. The van der Waals surface area contributed by atoms with Gasteiger partial charge in [0.05, 0.1) is 10.7 Å². The molecule has 19 heavy (non-hydrogen) atoms. The molecule has 0 fully saturated rings. The Hall–Kier alpha value is -1.89. The Morgan fingerprint density at radius 3 is 2.53 bits per heavy atom. The Kier molecular flexibility index (Phi) is 6.01. The van der Waals surface area contributed by atoms with E-state index in [-0.39, 0.29) is 11.6 Å². The zero-order valence-electron chi connectivity index (χ0n) is 10.8. The first-order chi connectivity index (χ1) is 8.99. The highest BCUT2D eigenvalue weighted by Gasteiger charge is 2.05. The Labute approximate surface area is 115 Å². The summed E-state index contributed by atoms with van der Waals surface area (Å²) in [7, 11) is 0. The van der Waals surface area contributed by atoms with Crippen molar-refractivity contribution in [3.8, 4) is 0 Å². The van der Waals surface area contributed by atoms with Gasteiger partial charge in [-0.3, -0.25) is 14.9 Å². The minimum Gasteiger partial charge on any atom is -0.272 e. The molecular formula is C12H15N3O3S. The van der Waals surface area contributed by atoms with Gasteiger partial charge in [0.15, 0.2) is 0 Å². The maximum atomic E-state index is 11.4. The highest BCUT2D eigenvalue weighted by Crippen LogP contribution is 2.16. The zero-order valence-corrected chi connectivity index (χ0v) is 11.6. The summed E-state index contributed by atoms with van der Waals surface area (Å²) in [5, 5.41) is 14.3. The third kappa shape index (κ3) is 6.01. The number of carbonyl (C=O) groups excluding carboxylic acids is 1. The lowest BCUT2D eigenvalue weighted by atomic mass is 10.2. The lowest BCUT2D eigenvalue weighted by molar-refractivity contribution is -0.384. The van der Waals surface area contributed by atoms with Crippen molar-refractivity contribution >= 4 is 29.1 Å². The number of carbonyl (C=O) groups is 1. The molecule has 1 rings (SSSR count). The summed E-state index contributed by atoms with van der Waals surface area (Å²) in [6.45, 7) is 3.59. The van der Waals surface area contributed by atoms with Crippen LogP contribution in [-0.4, -0.2) is 22.3 Å². The minimum atomic E-state index is -0.435. The molecule has 0 atom stereocenters. The fourth-order valence-corrected chi connectivity index (χ4v) is 1.96. The van der Waals surface area contributed by atoms with E-state index in [0.29, 0.717) is 11.5 Å². The molecule has 0 aromatic heterocycles. The minimum absolute atomic E-state index is 0.0688. The van der Waals surface area contributed by atoms with Crippen LogP contribution in [-0.2, 0) is 10.5 Å². The summed E-state index contributed by atoms with van der Waals surface area (Å²) >= 11 is 1.43. The fraction of sp³-hybridized carbons (Fsp3) is 0.333. The van der Waals surface area contributed by atoms with Crippen molar-refractivity contribution in [1.82, 2.24) is 5.43 Å². The largest absolute Gasteiger partial charge is 0.272 e. The van der Waals surface area contributed by atoms with Gasteiger partial charge in [-0.25, -0.2) is 5.43 Å². The van der Waals surface area contributed by atoms with E-state index < -0.39 is 4.92 Å². The van der Waals surface area contributed by atoms with Crippen molar-refractivity contribution < 1.29 is 9.72 Å². The number of amides is 1. The number of benzene rings is 1. The molecule has 1 amide bonds. The predicted molar refractivity (Wildman–Crippen MR) is 76.2 cm³/mol. The molecule has 0 aliphatic heterocycles. The van der Waals surface area contributed by atoms with Gasteiger partial charge < -0.3 is 0 Å². The molecule has 6 nitrogen and oxygen atoms in total. The van der Waals surface area contributed by atoms with Gasteiger partial charge >= 0.3 is 0 Å². The highest BCUT2D eigenvalue weighted by atomic mass is 32.2. The molecule has 1 N–H and O–H groups in total. The summed E-state index contributed by atoms with van der Waals surface area (Å²) in [6.07, 6.45) is 0. The number of nitro groups is 1. The third-order valence-electron chi connectivity index (χ3n) is 2.05. The molecular weight excluding hydrogens is 266 g/mol. The smallest absolute Gasteiger partial charge is 0.269 e. The lowest BCUT2D eigenvalue weighted by Gasteiger charge is -2.01. The third-order valence-corrected chi connectivity index (χ3v) is 3.06. The average Bonchev–Trinajstić information content (AvgIpc) is 2.37. The number of hydrazone groups is 1. The zero-order chi connectivity index (χ0) is 14.3. The van der Waals surface area contributed by atoms with Crippen LogP contribution in [0.3, 0.4) is 0 Å². The van der Waals surface area contributed by atoms with Gasteiger partial charge in [-0.1, -0.05) is 12.1 Å². The number of nitro benzene ring substituents is 1. The van der Waals surface area contributed by atoms with Crippen LogP contribution in [0.25, 0.3) is 0 Å². The first kappa shape index (κ1) is 15.2. The first-order valence-electron chi connectivity index (χ1n) is 5.60. The molecule has 102 valence electrons. The van der Waals surface area contributed by atoms with Crippen LogP contribution in [0.2, 0.25) is 0 Å². The number of hydrogen-bond donors (Lipinski definition) is 1. The number of non-ortho nitro benzene ring substituents is 1. The molecule has 7 heteroatoms. The average molecular weight is 281 g/mol. The predicted octanol–water partition coefficient (Wildman–Crippen LogP) is 2.34. The van der Waals surface area contributed by atoms with Crippen LogP contribution in [0.4, 0.5) is 5.69 Å². The molecule has 0 radical (unpaired) electrons. The van der Waals surface area contributed by atoms with E-state index in [2.05, 4.69) is 10.5 Å². The molecule has 0 aliphatic carbocycles. The summed E-state index contributed by atoms with van der Waals surface area (Å²) in [5.41, 5.74) is 4.23. The van der Waals surface area contributed by atoms with E-state index in [4.69, 9.17) is 0 Å². The molecule has 0 bridgehead atoms. The first-order valence-corrected chi connectivity index (χ1v) is 6.75. The van der Waals surface area contributed by atoms with E-state index >= 15 is 0 Å². The molecule has 0 saturated heterocycles. The molecule has 0 heterocycles. The summed E-state index contributed by atoms with van der Waals surface area (Å²) < 4.78 is 0. The van der Waals surface area contributed by atoms with Gasteiger partial charge in [-0.2, -0.15) is 5.10 Å². The van der Waals surface area contributed by atoms with E-state index in [1.807, 2.05) is 0 Å². The second kappa shape index (κ2) is 7.52. The number of nitrogens with one attached hydrogen (secondary N) is 1. The molecule has 1 aromatic rings. The van der Waals surface area contributed by atoms with Crippen molar-refractivity contribution in [2.24, 2.45) is 5.10 Å². The van der Waals surface area contributed by atoms with Crippen LogP contribution in [0.15, 0.2) is 29.4 Å². The molecule has 0 unspecified atom stereocenters. The summed E-state index contributed by atoms with van der Waals surface area (Å²) in [5.74, 6) is 0.765. The molecule has 1 aromatic carbocycles. The lowest BCUT2D eigenvalue weighted by Crippen LogP contribution is -2.20. The van der Waals surface area contributed by atoms with Gasteiger partial charge in [0, 0.05) is 23.6 Å². The van der Waals surface area contributed by atoms with E-state index in [0.717, 1.165) is 11.3 Å². The number of thioether (sulfide) groups is 1. The van der Waals surface area contributed by atoms with E-state index in [9.17, 15) is 14.9 Å². The number of nitrogens with zero attached hydrogens (tertiary/aromatic N) is 2. The van der Waals surface area contributed by atoms with Crippen LogP contribution >= 0.6 is 11.8 Å². The van der Waals surface area contributed by atoms with Crippen molar-refractivity contribution in [1.29, 1.82) is 0 Å². The van der Waals surface area contributed by atoms with Gasteiger partial charge in [0.1, 0.15) is 0 Å². The van der Waals surface area contributed by atoms with Gasteiger partial charge in [-0.05, 0) is 19.4 Å². The van der Waals surface area contributed by atoms with E-state index in [1.165, 1.54) is 23.9 Å². The quantitative estimate of drug-likeness (QED) is 0.492. The molecule has 0 spiro atoms. The van der Waals surface area contributed by atoms with Gasteiger partial charge in [0.25, 0.3) is 5.69 Å². The monoisotopic (exact) mass is 281 g/mol. The topological polar surface area (TPSA) is 84.6 Å². The Morgan fingerprint density at radius 1 is 1.37 bits per heavy atom. The second-order valence-corrected chi connectivity index (χ2v) is 5.00. The Bertz CT molecular complexity index is 481. The van der Waals surface area contributed by atoms with Crippen molar-refractivity contribution in [3.05, 3.63) is 39.9 Å². The SMILES string of the molecule is CC(C)=NNC(=O)CSCc1ccc([N+](=O)[O-])cc1.